The topological polar surface area (TPSA) is 41.1 Å². The third-order valence-electron chi connectivity index (χ3n) is 3.22. The fourth-order valence-corrected chi connectivity index (χ4v) is 2.19. The van der Waals surface area contributed by atoms with Crippen molar-refractivity contribution in [1.29, 1.82) is 0 Å². The summed E-state index contributed by atoms with van der Waals surface area (Å²) in [5.41, 5.74) is 4.63. The maximum absolute atomic E-state index is 12.0. The molecule has 94 valence electrons. The number of benzene rings is 2. The van der Waals surface area contributed by atoms with Gasteiger partial charge in [-0.3, -0.25) is 4.79 Å². The van der Waals surface area contributed by atoms with Crippen LogP contribution in [0.15, 0.2) is 48.5 Å². The molecule has 1 aliphatic rings. The van der Waals surface area contributed by atoms with E-state index in [1.165, 1.54) is 0 Å². The largest absolute Gasteiger partial charge is 0.388 e. The van der Waals surface area contributed by atoms with Gasteiger partial charge in [-0.25, -0.2) is 0 Å². The fourth-order valence-electron chi connectivity index (χ4n) is 2.19. The van der Waals surface area contributed by atoms with Crippen molar-refractivity contribution < 1.29 is 4.79 Å². The van der Waals surface area contributed by atoms with Gasteiger partial charge in [-0.1, -0.05) is 30.3 Å². The highest BCUT2D eigenvalue weighted by molar-refractivity contribution is 6.34. The molecule has 1 heterocycles. The first-order valence-electron chi connectivity index (χ1n) is 6.18. The van der Waals surface area contributed by atoms with Crippen LogP contribution in [0.3, 0.4) is 0 Å². The molecule has 2 aromatic carbocycles. The quantitative estimate of drug-likeness (QED) is 0.803. The van der Waals surface area contributed by atoms with Gasteiger partial charge in [0, 0.05) is 29.6 Å². The maximum Gasteiger partial charge on any atom is 0.256 e. The van der Waals surface area contributed by atoms with E-state index < -0.39 is 0 Å². The molecule has 0 bridgehead atoms. The average Bonchev–Trinajstić information content (AvgIpc) is 2.76. The van der Waals surface area contributed by atoms with E-state index in [-0.39, 0.29) is 5.91 Å². The van der Waals surface area contributed by atoms with Crippen molar-refractivity contribution in [2.45, 2.75) is 0 Å². The van der Waals surface area contributed by atoms with E-state index in [1.807, 2.05) is 61.7 Å². The lowest BCUT2D eigenvalue weighted by molar-refractivity contribution is -0.110. The van der Waals surface area contributed by atoms with Crippen LogP contribution in [0.4, 0.5) is 11.4 Å². The lowest BCUT2D eigenvalue weighted by Gasteiger charge is -2.01. The zero-order valence-corrected chi connectivity index (χ0v) is 10.6. The van der Waals surface area contributed by atoms with Crippen LogP contribution in [0, 0.1) is 0 Å². The van der Waals surface area contributed by atoms with Crippen molar-refractivity contribution in [3.63, 3.8) is 0 Å². The van der Waals surface area contributed by atoms with Crippen molar-refractivity contribution in [2.24, 2.45) is 0 Å². The van der Waals surface area contributed by atoms with Crippen molar-refractivity contribution in [2.75, 3.05) is 17.7 Å². The summed E-state index contributed by atoms with van der Waals surface area (Å²) in [5, 5.41) is 5.94. The van der Waals surface area contributed by atoms with Crippen LogP contribution in [0.5, 0.6) is 0 Å². The lowest BCUT2D eigenvalue weighted by Crippen LogP contribution is -2.03. The van der Waals surface area contributed by atoms with Gasteiger partial charge in [0.25, 0.3) is 5.91 Å². The van der Waals surface area contributed by atoms with Gasteiger partial charge >= 0.3 is 0 Å². The molecule has 0 fully saturated rings. The third-order valence-corrected chi connectivity index (χ3v) is 3.22. The average molecular weight is 250 g/mol. The Balaban J connectivity index is 2.01. The molecule has 0 saturated heterocycles. The van der Waals surface area contributed by atoms with Crippen molar-refractivity contribution >= 4 is 28.9 Å². The standard InChI is InChI=1S/C16H14N2O/c1-17-12-8-6-11(7-9-12)10-14-13-4-2-3-5-15(13)18-16(14)19/h2-10,17H,1H3,(H,18,19)/b14-10-. The van der Waals surface area contributed by atoms with Crippen molar-refractivity contribution in [1.82, 2.24) is 0 Å². The minimum absolute atomic E-state index is 0.0427. The summed E-state index contributed by atoms with van der Waals surface area (Å²) in [4.78, 5) is 12.0. The highest BCUT2D eigenvalue weighted by Crippen LogP contribution is 2.32. The second-order valence-electron chi connectivity index (χ2n) is 4.43. The number of anilines is 2. The van der Waals surface area contributed by atoms with Gasteiger partial charge in [-0.05, 0) is 29.8 Å². The SMILES string of the molecule is CNc1ccc(/C=C2\C(=O)Nc3ccccc32)cc1. The number of rotatable bonds is 2. The van der Waals surface area contributed by atoms with Crippen LogP contribution in [0.1, 0.15) is 11.1 Å². The molecule has 1 amide bonds. The molecule has 0 unspecified atom stereocenters. The highest BCUT2D eigenvalue weighted by Gasteiger charge is 2.22. The molecule has 3 rings (SSSR count). The molecule has 0 radical (unpaired) electrons. The number of hydrogen-bond acceptors (Lipinski definition) is 2. The van der Waals surface area contributed by atoms with Gasteiger partial charge < -0.3 is 10.6 Å². The number of hydrogen-bond donors (Lipinski definition) is 2. The lowest BCUT2D eigenvalue weighted by atomic mass is 10.0. The van der Waals surface area contributed by atoms with Crippen LogP contribution in [0.2, 0.25) is 0 Å². The number of carbonyl (C=O) groups is 1. The molecule has 0 atom stereocenters. The predicted molar refractivity (Wildman–Crippen MR) is 78.9 cm³/mol. The molecular weight excluding hydrogens is 236 g/mol. The summed E-state index contributed by atoms with van der Waals surface area (Å²) in [6.07, 6.45) is 1.92. The number of fused-ring (bicyclic) bond motifs is 1. The second kappa shape index (κ2) is 4.61. The Morgan fingerprint density at radius 1 is 1.05 bits per heavy atom. The smallest absolute Gasteiger partial charge is 0.256 e. The molecule has 0 saturated carbocycles. The third kappa shape index (κ3) is 2.10. The summed E-state index contributed by atoms with van der Waals surface area (Å²) in [7, 11) is 1.88. The first-order chi connectivity index (χ1) is 9.28. The molecule has 3 nitrogen and oxygen atoms in total. The molecule has 0 spiro atoms. The van der Waals surface area contributed by atoms with Crippen LogP contribution >= 0.6 is 0 Å². The number of carbonyl (C=O) groups excluding carboxylic acids is 1. The summed E-state index contributed by atoms with van der Waals surface area (Å²) < 4.78 is 0. The highest BCUT2D eigenvalue weighted by atomic mass is 16.2. The van der Waals surface area contributed by atoms with Gasteiger partial charge in [-0.2, -0.15) is 0 Å². The van der Waals surface area contributed by atoms with Crippen molar-refractivity contribution in [3.05, 3.63) is 59.7 Å². The molecule has 2 aromatic rings. The number of amides is 1. The van der Waals surface area contributed by atoms with Crippen molar-refractivity contribution in [3.8, 4) is 0 Å². The Kier molecular flexibility index (Phi) is 2.80. The zero-order valence-electron chi connectivity index (χ0n) is 10.6. The van der Waals surface area contributed by atoms with Gasteiger partial charge in [0.2, 0.25) is 0 Å². The summed E-state index contributed by atoms with van der Waals surface area (Å²) in [6.45, 7) is 0. The first kappa shape index (κ1) is 11.5. The summed E-state index contributed by atoms with van der Waals surface area (Å²) in [6, 6.07) is 15.7. The van der Waals surface area contributed by atoms with E-state index in [0.717, 1.165) is 22.5 Å². The molecule has 19 heavy (non-hydrogen) atoms. The fraction of sp³-hybridized carbons (Fsp3) is 0.0625. The summed E-state index contributed by atoms with van der Waals surface area (Å²) in [5.74, 6) is -0.0427. The maximum atomic E-state index is 12.0. The van der Waals surface area contributed by atoms with E-state index in [4.69, 9.17) is 0 Å². The van der Waals surface area contributed by atoms with E-state index in [2.05, 4.69) is 10.6 Å². The van der Waals surface area contributed by atoms with Gasteiger partial charge in [-0.15, -0.1) is 0 Å². The Hall–Kier alpha value is -2.55. The Morgan fingerprint density at radius 2 is 1.79 bits per heavy atom. The van der Waals surface area contributed by atoms with Gasteiger partial charge in [0.1, 0.15) is 0 Å². The minimum atomic E-state index is -0.0427. The number of para-hydroxylation sites is 1. The zero-order chi connectivity index (χ0) is 13.2. The van der Waals surface area contributed by atoms with Gasteiger partial charge in [0.05, 0.1) is 0 Å². The molecule has 3 heteroatoms. The molecule has 1 aliphatic heterocycles. The molecular formula is C16H14N2O. The molecule has 0 aliphatic carbocycles. The van der Waals surface area contributed by atoms with E-state index >= 15 is 0 Å². The number of nitrogens with one attached hydrogen (secondary N) is 2. The van der Waals surface area contributed by atoms with Crippen LogP contribution in [0.25, 0.3) is 11.6 Å². The first-order valence-corrected chi connectivity index (χ1v) is 6.18. The second-order valence-corrected chi connectivity index (χ2v) is 4.43. The molecule has 0 aromatic heterocycles. The van der Waals surface area contributed by atoms with E-state index in [1.54, 1.807) is 0 Å². The monoisotopic (exact) mass is 250 g/mol. The minimum Gasteiger partial charge on any atom is -0.388 e. The van der Waals surface area contributed by atoms with Crippen LogP contribution in [-0.2, 0) is 4.79 Å². The van der Waals surface area contributed by atoms with E-state index in [0.29, 0.717) is 5.57 Å². The Bertz CT molecular complexity index is 657. The Morgan fingerprint density at radius 3 is 2.53 bits per heavy atom. The van der Waals surface area contributed by atoms with Crippen LogP contribution in [-0.4, -0.2) is 13.0 Å². The van der Waals surface area contributed by atoms with E-state index in [9.17, 15) is 4.79 Å². The van der Waals surface area contributed by atoms with Gasteiger partial charge in [0.15, 0.2) is 0 Å². The summed E-state index contributed by atoms with van der Waals surface area (Å²) >= 11 is 0. The Labute approximate surface area is 112 Å². The predicted octanol–water partition coefficient (Wildman–Crippen LogP) is 3.22. The normalized spacial score (nSPS) is 15.2. The van der Waals surface area contributed by atoms with Crippen LogP contribution < -0.4 is 10.6 Å². The molecule has 2 N–H and O–H groups in total.